The van der Waals surface area contributed by atoms with Crippen LogP contribution in [0.1, 0.15) is 11.1 Å². The summed E-state index contributed by atoms with van der Waals surface area (Å²) in [4.78, 5) is 66.1. The number of carbonyl (C=O) groups is 4. The van der Waals surface area contributed by atoms with E-state index in [1.165, 1.54) is 12.1 Å². The number of carboxylic acids is 4. The molecule has 0 saturated carbocycles. The van der Waals surface area contributed by atoms with Gasteiger partial charge in [0.25, 0.3) is 5.69 Å². The number of non-ortho nitro benzene ring substituents is 1. The van der Waals surface area contributed by atoms with E-state index in [1.54, 1.807) is 21.9 Å². The van der Waals surface area contributed by atoms with E-state index in [1.807, 2.05) is 34.1 Å². The molecule has 2 aromatic carbocycles. The number of carboxylic acid groups (broad SMARTS) is 4. The van der Waals surface area contributed by atoms with Crippen molar-refractivity contribution in [3.63, 3.8) is 0 Å². The molecule has 0 atom stereocenters. The van der Waals surface area contributed by atoms with Crippen LogP contribution in [0.2, 0.25) is 0 Å². The van der Waals surface area contributed by atoms with Gasteiger partial charge < -0.3 is 33.6 Å². The molecule has 2 heterocycles. The van der Waals surface area contributed by atoms with Crippen molar-refractivity contribution in [3.05, 3.63) is 77.2 Å². The third-order valence-corrected chi connectivity index (χ3v) is 8.77. The van der Waals surface area contributed by atoms with Crippen molar-refractivity contribution in [1.82, 2.24) is 29.4 Å². The van der Waals surface area contributed by atoms with Crippen molar-refractivity contribution in [3.8, 4) is 0 Å². The average Bonchev–Trinajstić information content (AvgIpc) is 3.21. The van der Waals surface area contributed by atoms with Gasteiger partial charge in [0, 0.05) is 130 Å². The number of hydrogen-bond donors (Lipinski definition) is 5. The average molecular weight is 852 g/mol. The van der Waals surface area contributed by atoms with Crippen LogP contribution in [0, 0.1) is 17.5 Å². The van der Waals surface area contributed by atoms with E-state index in [2.05, 4.69) is 9.80 Å². The maximum absolute atomic E-state index is 11.1. The molecule has 2 fully saturated rings. The summed E-state index contributed by atoms with van der Waals surface area (Å²) >= 11 is 0. The van der Waals surface area contributed by atoms with Gasteiger partial charge in [0.2, 0.25) is 0 Å². The minimum absolute atomic E-state index is 0. The molecular formula is C35H53N8O10Pd-. The fourth-order valence-corrected chi connectivity index (χ4v) is 5.94. The molecule has 6 N–H and O–H groups in total. The van der Waals surface area contributed by atoms with Crippen molar-refractivity contribution in [2.24, 2.45) is 0 Å². The number of nitro benzene ring substituents is 1. The van der Waals surface area contributed by atoms with Gasteiger partial charge in [0.1, 0.15) is 0 Å². The molecule has 0 amide bonds. The van der Waals surface area contributed by atoms with Crippen LogP contribution in [0.3, 0.4) is 0 Å². The van der Waals surface area contributed by atoms with Gasteiger partial charge in [-0.1, -0.05) is 24.3 Å². The summed E-state index contributed by atoms with van der Waals surface area (Å²) in [6.07, 6.45) is 0. The molecule has 4 rings (SSSR count). The molecular weight excluding hydrogens is 799 g/mol. The molecule has 2 saturated heterocycles. The van der Waals surface area contributed by atoms with E-state index in [-0.39, 0.29) is 59.7 Å². The zero-order valence-electron chi connectivity index (χ0n) is 30.6. The Morgan fingerprint density at radius 1 is 0.519 bits per heavy atom. The number of nitro groups is 1. The normalized spacial score (nSPS) is 17.3. The number of nitrogen functional groups attached to an aromatic ring is 1. The van der Waals surface area contributed by atoms with Gasteiger partial charge >= 0.3 is 23.9 Å². The van der Waals surface area contributed by atoms with Crippen LogP contribution in [0.25, 0.3) is 0 Å². The van der Waals surface area contributed by atoms with Gasteiger partial charge in [-0.3, -0.25) is 58.7 Å². The van der Waals surface area contributed by atoms with Gasteiger partial charge in [-0.25, -0.2) is 0 Å². The van der Waals surface area contributed by atoms with E-state index in [0.29, 0.717) is 77.7 Å². The molecule has 0 unspecified atom stereocenters. The number of aliphatic carboxylic acids is 4. The molecule has 0 radical (unpaired) electrons. The molecule has 18 nitrogen and oxygen atoms in total. The van der Waals surface area contributed by atoms with Gasteiger partial charge in [0.15, 0.2) is 0 Å². The van der Waals surface area contributed by atoms with E-state index in [9.17, 15) is 29.3 Å². The fraction of sp³-hybridized carbons (Fsp3) is 0.514. The van der Waals surface area contributed by atoms with Crippen molar-refractivity contribution >= 4 is 35.3 Å². The summed E-state index contributed by atoms with van der Waals surface area (Å²) in [5, 5.41) is 47.0. The molecule has 304 valence electrons. The Labute approximate surface area is 329 Å². The topological polar surface area (TPSA) is 238 Å². The summed E-state index contributed by atoms with van der Waals surface area (Å²) in [5.41, 5.74) is 8.50. The number of anilines is 1. The standard InChI is InChI=1S/C17H24N4O6.C17H26N4O4.CH3.Pd/c22-16(23)12-19-7-5-18(6-8-20(10-9-19)13-17(24)25)11-14-1-3-15(4-2-14)21(26)27;18-15-3-1-14(2-4-15)11-19-5-7-20(12-16(22)23)9-10-21(8-6-19)13-17(24)25;;/h1-4H,5-13H2,(H,22,23)(H,24,25);1-4H,5-13,18H2,(H,22,23)(H,24,25);1H3;/q;;-1;. The Balaban J connectivity index is 0.000000522. The summed E-state index contributed by atoms with van der Waals surface area (Å²) < 4.78 is 0. The maximum Gasteiger partial charge on any atom is 0.317 e. The zero-order chi connectivity index (χ0) is 38.0. The van der Waals surface area contributed by atoms with E-state index < -0.39 is 28.8 Å². The van der Waals surface area contributed by atoms with Gasteiger partial charge in [0.05, 0.1) is 31.1 Å². The second-order valence-corrected chi connectivity index (χ2v) is 12.9. The third-order valence-electron chi connectivity index (χ3n) is 8.77. The van der Waals surface area contributed by atoms with Crippen LogP contribution in [0.15, 0.2) is 48.5 Å². The van der Waals surface area contributed by atoms with Gasteiger partial charge in [-0.2, -0.15) is 0 Å². The first-order valence-electron chi connectivity index (χ1n) is 17.0. The Morgan fingerprint density at radius 2 is 0.759 bits per heavy atom. The number of rotatable bonds is 13. The molecule has 0 aromatic heterocycles. The van der Waals surface area contributed by atoms with Gasteiger partial charge in [-0.05, 0) is 23.3 Å². The van der Waals surface area contributed by atoms with Crippen molar-refractivity contribution in [2.75, 3.05) is 110 Å². The monoisotopic (exact) mass is 851 g/mol. The van der Waals surface area contributed by atoms with Gasteiger partial charge in [-0.15, -0.1) is 0 Å². The molecule has 54 heavy (non-hydrogen) atoms. The van der Waals surface area contributed by atoms with Crippen LogP contribution in [0.5, 0.6) is 0 Å². The van der Waals surface area contributed by atoms with Crippen LogP contribution in [0.4, 0.5) is 11.4 Å². The van der Waals surface area contributed by atoms with E-state index >= 15 is 0 Å². The summed E-state index contributed by atoms with van der Waals surface area (Å²) in [6.45, 7) is 8.24. The quantitative estimate of drug-likeness (QED) is 0.0606. The third kappa shape index (κ3) is 19.3. The van der Waals surface area contributed by atoms with Crippen LogP contribution >= 0.6 is 0 Å². The molecule has 0 aliphatic carbocycles. The van der Waals surface area contributed by atoms with Crippen LogP contribution < -0.4 is 5.73 Å². The molecule has 0 spiro atoms. The zero-order valence-corrected chi connectivity index (χ0v) is 32.2. The number of hydrogen-bond acceptors (Lipinski definition) is 13. The van der Waals surface area contributed by atoms with Crippen LogP contribution in [-0.4, -0.2) is 183 Å². The molecule has 2 aromatic rings. The molecule has 0 bridgehead atoms. The maximum atomic E-state index is 11.1. The largest absolute Gasteiger partial charge is 0.480 e. The molecule has 19 heteroatoms. The summed E-state index contributed by atoms with van der Waals surface area (Å²) in [5.74, 6) is -3.56. The minimum Gasteiger partial charge on any atom is -0.480 e. The Morgan fingerprint density at radius 3 is 1.00 bits per heavy atom. The number of nitrogens with zero attached hydrogens (tertiary/aromatic N) is 7. The summed E-state index contributed by atoms with van der Waals surface area (Å²) in [7, 11) is 0. The smallest absolute Gasteiger partial charge is 0.317 e. The van der Waals surface area contributed by atoms with Crippen molar-refractivity contribution < 1.29 is 65.0 Å². The second kappa shape index (κ2) is 25.1. The number of nitrogens with two attached hydrogens (primary N) is 1. The first-order chi connectivity index (χ1) is 24.7. The first-order valence-corrected chi connectivity index (χ1v) is 17.0. The Kier molecular flexibility index (Phi) is 22.3. The first kappa shape index (κ1) is 48.0. The predicted molar refractivity (Wildman–Crippen MR) is 197 cm³/mol. The molecule has 2 aliphatic heterocycles. The SMILES string of the molecule is Nc1ccc(CN2CCN(CC(=O)O)CCN(CC(=O)O)CC2)cc1.O=C(O)CN1CCN(CC(=O)O)CCN(Cc2ccc([N+](=O)[O-])cc2)CC1.[CH3-].[Pd]. The van der Waals surface area contributed by atoms with Crippen molar-refractivity contribution in [2.45, 2.75) is 13.1 Å². The second-order valence-electron chi connectivity index (χ2n) is 12.9. The predicted octanol–water partition coefficient (Wildman–Crippen LogP) is 0.489. The van der Waals surface area contributed by atoms with Crippen molar-refractivity contribution in [1.29, 1.82) is 0 Å². The fourth-order valence-electron chi connectivity index (χ4n) is 5.94. The van der Waals surface area contributed by atoms with E-state index in [4.69, 9.17) is 26.2 Å². The number of benzene rings is 2. The summed E-state index contributed by atoms with van der Waals surface area (Å²) in [6, 6.07) is 14.0. The minimum atomic E-state index is -0.916. The Hall–Kier alpha value is -4.06. The Bertz CT molecular complexity index is 1410. The van der Waals surface area contributed by atoms with Crippen LogP contribution in [-0.2, 0) is 52.7 Å². The molecule has 2 aliphatic rings. The van der Waals surface area contributed by atoms with E-state index in [0.717, 1.165) is 30.8 Å².